The fourth-order valence-electron chi connectivity index (χ4n) is 3.34. The molecular formula is C21H12CaN2O5. The van der Waals surface area contributed by atoms with Crippen LogP contribution in [-0.2, 0) is 0 Å². The van der Waals surface area contributed by atoms with Gasteiger partial charge in [-0.1, -0.05) is 24.3 Å². The number of carbonyl (C=O) groups is 1. The Hall–Kier alpha value is -2.87. The monoisotopic (exact) mass is 412 g/mol. The number of carboxylic acid groups (broad SMARTS) is 2. The first-order valence-corrected chi connectivity index (χ1v) is 8.33. The Balaban J connectivity index is 0.000000443. The van der Waals surface area contributed by atoms with Crippen LogP contribution in [0, 0.1) is 0 Å². The number of fused-ring (bicyclic) bond motifs is 4. The van der Waals surface area contributed by atoms with E-state index in [1.54, 1.807) is 24.3 Å². The number of benzene rings is 3. The molecule has 0 unspecified atom stereocenters. The van der Waals surface area contributed by atoms with Crippen molar-refractivity contribution in [3.05, 3.63) is 81.1 Å². The number of rotatable bonds is 0. The van der Waals surface area contributed by atoms with Crippen LogP contribution in [0.5, 0.6) is 0 Å². The van der Waals surface area contributed by atoms with Gasteiger partial charge in [0.2, 0.25) is 0 Å². The molecule has 138 valence electrons. The molecule has 0 atom stereocenters. The Morgan fingerprint density at radius 1 is 0.621 bits per heavy atom. The summed E-state index contributed by atoms with van der Waals surface area (Å²) in [7, 11) is 0. The van der Waals surface area contributed by atoms with Crippen molar-refractivity contribution >= 4 is 87.5 Å². The zero-order valence-electron chi connectivity index (χ0n) is 15.0. The van der Waals surface area contributed by atoms with Gasteiger partial charge < -0.3 is 25.0 Å². The maximum atomic E-state index is 12.8. The van der Waals surface area contributed by atoms with Crippen LogP contribution in [0.3, 0.4) is 0 Å². The van der Waals surface area contributed by atoms with Gasteiger partial charge in [0, 0.05) is 32.6 Å². The number of hydrogen-bond acceptors (Lipinski definition) is 5. The second-order valence-electron chi connectivity index (χ2n) is 6.19. The third kappa shape index (κ3) is 3.85. The van der Waals surface area contributed by atoms with Gasteiger partial charge in [-0.3, -0.25) is 9.59 Å². The molecule has 0 saturated carbocycles. The summed E-state index contributed by atoms with van der Waals surface area (Å²) in [5.74, 6) is 0. The van der Waals surface area contributed by atoms with E-state index in [-0.39, 0.29) is 48.6 Å². The number of H-pyrrole nitrogens is 2. The molecule has 2 N–H and O–H groups in total. The molecule has 2 aromatic heterocycles. The molecule has 0 bridgehead atoms. The molecule has 5 rings (SSSR count). The molecule has 0 aliphatic carbocycles. The summed E-state index contributed by atoms with van der Waals surface area (Å²) in [5.41, 5.74) is 2.82. The molecule has 0 fully saturated rings. The standard InChI is InChI=1S/C20H12N2O2.CH2O3.Ca/c23-19-11-5-1-3-7-15(11)21-17-10-14-18(9-13(17)19)22-16-8-4-2-6-12(16)20(14)24;2-1(3)4;/h1-10H,(H,21,23)(H,22,24);(H2,2,3,4);/q;;+2/p-2. The van der Waals surface area contributed by atoms with Crippen molar-refractivity contribution < 1.29 is 15.0 Å². The fourth-order valence-corrected chi connectivity index (χ4v) is 3.34. The summed E-state index contributed by atoms with van der Waals surface area (Å²) in [6, 6.07) is 18.3. The van der Waals surface area contributed by atoms with Crippen molar-refractivity contribution in [3.8, 4) is 0 Å². The third-order valence-corrected chi connectivity index (χ3v) is 4.53. The van der Waals surface area contributed by atoms with Crippen molar-refractivity contribution in [1.82, 2.24) is 9.97 Å². The molecule has 0 amide bonds. The van der Waals surface area contributed by atoms with Gasteiger partial charge in [0.1, 0.15) is 0 Å². The van der Waals surface area contributed by atoms with Gasteiger partial charge in [-0.25, -0.2) is 0 Å². The van der Waals surface area contributed by atoms with Crippen LogP contribution in [0.1, 0.15) is 0 Å². The summed E-state index contributed by atoms with van der Waals surface area (Å²) in [6.45, 7) is 0. The maximum Gasteiger partial charge on any atom is 2.00 e. The van der Waals surface area contributed by atoms with E-state index in [0.717, 1.165) is 11.0 Å². The van der Waals surface area contributed by atoms with Crippen molar-refractivity contribution in [2.45, 2.75) is 0 Å². The molecule has 0 aliphatic rings. The van der Waals surface area contributed by atoms with Crippen molar-refractivity contribution in [2.75, 3.05) is 0 Å². The summed E-state index contributed by atoms with van der Waals surface area (Å²) in [5, 5.41) is 19.1. The quantitative estimate of drug-likeness (QED) is 0.288. The Kier molecular flexibility index (Phi) is 5.93. The van der Waals surface area contributed by atoms with Gasteiger partial charge in [0.05, 0.1) is 11.0 Å². The largest absolute Gasteiger partial charge is 2.00 e. The van der Waals surface area contributed by atoms with E-state index in [0.29, 0.717) is 32.6 Å². The first-order valence-electron chi connectivity index (χ1n) is 8.33. The molecule has 8 heteroatoms. The molecule has 7 nitrogen and oxygen atoms in total. The van der Waals surface area contributed by atoms with Crippen LogP contribution in [0.4, 0.5) is 4.79 Å². The minimum atomic E-state index is -2.33. The smallest absolute Gasteiger partial charge is 0.652 e. The Bertz CT molecular complexity index is 1390. The average molecular weight is 412 g/mol. The van der Waals surface area contributed by atoms with Gasteiger partial charge in [0.15, 0.2) is 10.9 Å². The number of para-hydroxylation sites is 2. The summed E-state index contributed by atoms with van der Waals surface area (Å²) in [4.78, 5) is 40.4. The molecule has 5 aromatic rings. The van der Waals surface area contributed by atoms with Crippen molar-refractivity contribution in [2.24, 2.45) is 0 Å². The summed E-state index contributed by atoms with van der Waals surface area (Å²) >= 11 is 0. The zero-order chi connectivity index (χ0) is 19.8. The van der Waals surface area contributed by atoms with E-state index < -0.39 is 6.16 Å². The molecule has 0 aliphatic heterocycles. The van der Waals surface area contributed by atoms with E-state index in [1.165, 1.54) is 0 Å². The van der Waals surface area contributed by atoms with Crippen molar-refractivity contribution in [1.29, 1.82) is 0 Å². The number of carbonyl (C=O) groups excluding carboxylic acids is 1. The Morgan fingerprint density at radius 3 is 1.34 bits per heavy atom. The number of aromatic nitrogens is 2. The second kappa shape index (κ2) is 8.24. The number of aromatic amines is 2. The summed E-state index contributed by atoms with van der Waals surface area (Å²) < 4.78 is 0. The van der Waals surface area contributed by atoms with Crippen molar-refractivity contribution in [3.63, 3.8) is 0 Å². The van der Waals surface area contributed by atoms with E-state index in [4.69, 9.17) is 15.0 Å². The zero-order valence-corrected chi connectivity index (χ0v) is 17.2. The molecule has 3 aromatic carbocycles. The van der Waals surface area contributed by atoms with E-state index in [1.807, 2.05) is 36.4 Å². The number of nitrogens with one attached hydrogen (secondary N) is 2. The van der Waals surface area contributed by atoms with Crippen LogP contribution in [-0.4, -0.2) is 53.9 Å². The Labute approximate surface area is 192 Å². The van der Waals surface area contributed by atoms with E-state index in [9.17, 15) is 9.59 Å². The van der Waals surface area contributed by atoms with Crippen LogP contribution < -0.4 is 21.1 Å². The molecule has 29 heavy (non-hydrogen) atoms. The number of pyridine rings is 2. The molecule has 0 radical (unpaired) electrons. The molecule has 0 spiro atoms. The van der Waals surface area contributed by atoms with Crippen LogP contribution >= 0.6 is 0 Å². The van der Waals surface area contributed by atoms with E-state index >= 15 is 0 Å². The van der Waals surface area contributed by atoms with Crippen LogP contribution in [0.15, 0.2) is 70.3 Å². The fraction of sp³-hybridized carbons (Fsp3) is 0. The third-order valence-electron chi connectivity index (χ3n) is 4.53. The van der Waals surface area contributed by atoms with Crippen LogP contribution in [0.2, 0.25) is 0 Å². The predicted molar refractivity (Wildman–Crippen MR) is 109 cm³/mol. The summed E-state index contributed by atoms with van der Waals surface area (Å²) in [6.07, 6.45) is -2.33. The SMILES string of the molecule is O=C([O-])[O-].O=c1c2ccccc2[nH]c2cc3c(=O)c4ccccc4[nH]c3cc12.[Ca+2]. The predicted octanol–water partition coefficient (Wildman–Crippen LogP) is 0.848. The average Bonchev–Trinajstić information content (AvgIpc) is 2.67. The van der Waals surface area contributed by atoms with Gasteiger partial charge in [-0.05, 0) is 42.6 Å². The second-order valence-corrected chi connectivity index (χ2v) is 6.19. The maximum absolute atomic E-state index is 12.8. The Morgan fingerprint density at radius 2 is 0.966 bits per heavy atom. The van der Waals surface area contributed by atoms with Gasteiger partial charge in [-0.15, -0.1) is 0 Å². The number of hydrogen-bond donors (Lipinski definition) is 2. The molecule has 2 heterocycles. The first kappa shape index (κ1) is 20.9. The normalized spacial score (nSPS) is 10.5. The van der Waals surface area contributed by atoms with Crippen LogP contribution in [0.25, 0.3) is 43.6 Å². The van der Waals surface area contributed by atoms with Gasteiger partial charge in [0.25, 0.3) is 0 Å². The minimum absolute atomic E-state index is 0. The van der Waals surface area contributed by atoms with E-state index in [2.05, 4.69) is 9.97 Å². The molecule has 0 saturated heterocycles. The minimum Gasteiger partial charge on any atom is -0.652 e. The molecular weight excluding hydrogens is 400 g/mol. The van der Waals surface area contributed by atoms with Gasteiger partial charge >= 0.3 is 37.7 Å². The van der Waals surface area contributed by atoms with Gasteiger partial charge in [-0.2, -0.15) is 0 Å². The topological polar surface area (TPSA) is 129 Å². The first-order chi connectivity index (χ1) is 13.5.